The summed E-state index contributed by atoms with van der Waals surface area (Å²) >= 11 is 0. The van der Waals surface area contributed by atoms with Gasteiger partial charge in [-0.15, -0.1) is 0 Å². The van der Waals surface area contributed by atoms with Gasteiger partial charge in [0, 0.05) is 19.7 Å². The Balaban J connectivity index is 4.02. The summed E-state index contributed by atoms with van der Waals surface area (Å²) in [6.45, 7) is 5.92. The molecule has 0 bridgehead atoms. The van der Waals surface area contributed by atoms with Crippen molar-refractivity contribution in [3.05, 3.63) is 0 Å². The number of hydrogen-bond donors (Lipinski definition) is 3. The molecule has 2 unspecified atom stereocenters. The lowest BCUT2D eigenvalue weighted by molar-refractivity contribution is -0.870. The van der Waals surface area contributed by atoms with Crippen molar-refractivity contribution in [2.24, 2.45) is 0 Å². The van der Waals surface area contributed by atoms with Crippen LogP contribution in [0.15, 0.2) is 0 Å². The molecule has 0 fully saturated rings. The number of urea groups is 1. The number of carbonyl (C=O) groups is 1. The van der Waals surface area contributed by atoms with Crippen LogP contribution in [0, 0.1) is 0 Å². The summed E-state index contributed by atoms with van der Waals surface area (Å²) in [5, 5.41) is 5.27. The molecule has 0 aromatic rings. The van der Waals surface area contributed by atoms with E-state index in [1.807, 2.05) is 28.1 Å². The number of likely N-dealkylation sites (N-methyl/N-ethyl adjacent to an activating group) is 1. The maximum atomic E-state index is 12.4. The molecule has 37 heavy (non-hydrogen) atoms. The first-order valence-electron chi connectivity index (χ1n) is 14.6. The van der Waals surface area contributed by atoms with Crippen LogP contribution in [0.2, 0.25) is 0 Å². The highest BCUT2D eigenvalue weighted by atomic mass is 31.2. The molecule has 0 aliphatic rings. The number of nitrogens with one attached hydrogen (secondary N) is 2. The Kier molecular flexibility index (Phi) is 22.8. The first-order valence-corrected chi connectivity index (χ1v) is 16.1. The van der Waals surface area contributed by atoms with Crippen LogP contribution in [-0.2, 0) is 18.3 Å². The minimum absolute atomic E-state index is 0.0494. The Morgan fingerprint density at radius 2 is 1.32 bits per heavy atom. The Morgan fingerprint density at radius 3 is 1.81 bits per heavy atom. The fourth-order valence-corrected chi connectivity index (χ4v) is 4.70. The molecule has 0 saturated heterocycles. The van der Waals surface area contributed by atoms with Gasteiger partial charge < -0.3 is 24.7 Å². The van der Waals surface area contributed by atoms with E-state index >= 15 is 0 Å². The Bertz CT molecular complexity index is 589. The summed E-state index contributed by atoms with van der Waals surface area (Å²) < 4.78 is 29.1. The molecule has 0 aliphatic heterocycles. The Morgan fingerprint density at radius 1 is 0.811 bits per heavy atom. The average molecular weight is 553 g/mol. The lowest BCUT2D eigenvalue weighted by Crippen LogP contribution is -2.41. The maximum absolute atomic E-state index is 12.4. The quantitative estimate of drug-likeness (QED) is 0.0689. The number of phosphoric acid groups is 1. The van der Waals surface area contributed by atoms with E-state index in [9.17, 15) is 14.3 Å². The highest BCUT2D eigenvalue weighted by molar-refractivity contribution is 7.47. The van der Waals surface area contributed by atoms with Crippen LogP contribution >= 0.6 is 7.82 Å². The first kappa shape index (κ1) is 36.3. The number of nitrogens with zero attached hydrogens (tertiary/aromatic N) is 1. The van der Waals surface area contributed by atoms with Crippen molar-refractivity contribution in [1.29, 1.82) is 0 Å². The number of ether oxygens (including phenoxy) is 1. The maximum Gasteiger partial charge on any atom is 0.472 e. The number of carbonyl (C=O) groups excluding carboxylic acids is 1. The molecule has 0 saturated carbocycles. The van der Waals surface area contributed by atoms with Gasteiger partial charge in [0.05, 0.1) is 27.7 Å². The molecule has 0 aromatic heterocycles. The summed E-state index contributed by atoms with van der Waals surface area (Å²) in [6, 6.07) is -0.359. The van der Waals surface area contributed by atoms with Crippen LogP contribution in [0.1, 0.15) is 104 Å². The van der Waals surface area contributed by atoms with E-state index in [1.54, 1.807) is 0 Å². The molecule has 2 atom stereocenters. The van der Waals surface area contributed by atoms with Gasteiger partial charge in [0.15, 0.2) is 0 Å². The lowest BCUT2D eigenvalue weighted by atomic mass is 10.0. The van der Waals surface area contributed by atoms with Gasteiger partial charge >= 0.3 is 13.9 Å². The van der Waals surface area contributed by atoms with Gasteiger partial charge in [0.2, 0.25) is 0 Å². The van der Waals surface area contributed by atoms with Crippen molar-refractivity contribution in [2.45, 2.75) is 110 Å². The normalized spacial score (nSPS) is 14.3. The number of hydrogen-bond acceptors (Lipinski definition) is 5. The summed E-state index contributed by atoms with van der Waals surface area (Å²) in [6.07, 6.45) is 17.4. The minimum Gasteiger partial charge on any atom is -0.379 e. The van der Waals surface area contributed by atoms with Crippen molar-refractivity contribution < 1.29 is 32.5 Å². The van der Waals surface area contributed by atoms with Gasteiger partial charge in [-0.1, -0.05) is 90.4 Å². The lowest BCUT2D eigenvalue weighted by Gasteiger charge is -2.25. The van der Waals surface area contributed by atoms with E-state index in [2.05, 4.69) is 17.6 Å². The SMILES string of the molecule is CCCCCCCCCCCCCCCCOCC(CNC(=O)NCC)OP(=O)(O)OCC[N+](C)(C)C. The zero-order valence-electron chi connectivity index (χ0n) is 24.6. The fourth-order valence-electron chi connectivity index (χ4n) is 3.82. The zero-order chi connectivity index (χ0) is 27.8. The van der Waals surface area contributed by atoms with E-state index in [4.69, 9.17) is 13.8 Å². The number of unbranched alkanes of at least 4 members (excludes halogenated alkanes) is 13. The molecule has 0 spiro atoms. The molecule has 3 N–H and O–H groups in total. The second kappa shape index (κ2) is 23.2. The van der Waals surface area contributed by atoms with E-state index < -0.39 is 13.9 Å². The van der Waals surface area contributed by atoms with Gasteiger partial charge in [0.25, 0.3) is 0 Å². The average Bonchev–Trinajstić information content (AvgIpc) is 2.81. The number of amides is 2. The first-order chi connectivity index (χ1) is 17.6. The summed E-state index contributed by atoms with van der Waals surface area (Å²) in [5.41, 5.74) is 0. The summed E-state index contributed by atoms with van der Waals surface area (Å²) in [5.74, 6) is 0. The molecule has 9 nitrogen and oxygen atoms in total. The van der Waals surface area contributed by atoms with Crippen LogP contribution in [0.25, 0.3) is 0 Å². The largest absolute Gasteiger partial charge is 0.472 e. The monoisotopic (exact) mass is 552 g/mol. The van der Waals surface area contributed by atoms with Gasteiger partial charge in [-0.25, -0.2) is 9.36 Å². The van der Waals surface area contributed by atoms with Crippen LogP contribution in [0.4, 0.5) is 4.79 Å². The Labute approximate surface area is 227 Å². The molecular formula is C27H59N3O6P+. The van der Waals surface area contributed by atoms with Crippen molar-refractivity contribution >= 4 is 13.9 Å². The van der Waals surface area contributed by atoms with Crippen LogP contribution in [-0.4, -0.2) is 82.1 Å². The molecule has 0 heterocycles. The van der Waals surface area contributed by atoms with Crippen molar-refractivity contribution in [2.75, 3.05) is 60.6 Å². The highest BCUT2D eigenvalue weighted by Crippen LogP contribution is 2.44. The molecular weight excluding hydrogens is 493 g/mol. The summed E-state index contributed by atoms with van der Waals surface area (Å²) in [4.78, 5) is 21.8. The molecule has 0 radical (unpaired) electrons. The highest BCUT2D eigenvalue weighted by Gasteiger charge is 2.28. The van der Waals surface area contributed by atoms with Crippen LogP contribution in [0.3, 0.4) is 0 Å². The fraction of sp³-hybridized carbons (Fsp3) is 0.963. The predicted octanol–water partition coefficient (Wildman–Crippen LogP) is 6.01. The topological polar surface area (TPSA) is 106 Å². The third-order valence-corrected chi connectivity index (χ3v) is 7.15. The molecule has 0 aliphatic carbocycles. The predicted molar refractivity (Wildman–Crippen MR) is 152 cm³/mol. The number of quaternary nitrogens is 1. The second-order valence-electron chi connectivity index (χ2n) is 11.0. The summed E-state index contributed by atoms with van der Waals surface area (Å²) in [7, 11) is 1.64. The second-order valence-corrected chi connectivity index (χ2v) is 12.4. The van der Waals surface area contributed by atoms with E-state index in [0.717, 1.165) is 12.8 Å². The Hall–Kier alpha value is -0.700. The van der Waals surface area contributed by atoms with Gasteiger partial charge in [-0.2, -0.15) is 0 Å². The standard InChI is InChI=1S/C27H58N3O6P/c1-6-8-9-10-11-12-13-14-15-16-17-18-19-20-22-34-25-26(24-29-27(31)28-7-2)36-37(32,33)35-23-21-30(3,4)5/h26H,6-25H2,1-5H3,(H2-,28,29,31,32,33)/p+1. The van der Waals surface area contributed by atoms with Gasteiger partial charge in [-0.05, 0) is 13.3 Å². The smallest absolute Gasteiger partial charge is 0.379 e. The third kappa shape index (κ3) is 26.7. The molecule has 2 amide bonds. The third-order valence-electron chi connectivity index (χ3n) is 6.07. The molecule has 0 rings (SSSR count). The zero-order valence-corrected chi connectivity index (χ0v) is 25.5. The minimum atomic E-state index is -4.26. The number of phosphoric ester groups is 1. The van der Waals surface area contributed by atoms with Gasteiger partial charge in [-0.3, -0.25) is 9.05 Å². The van der Waals surface area contributed by atoms with E-state index in [1.165, 1.54) is 77.0 Å². The van der Waals surface area contributed by atoms with Crippen LogP contribution in [0.5, 0.6) is 0 Å². The van der Waals surface area contributed by atoms with Crippen molar-refractivity contribution in [3.63, 3.8) is 0 Å². The van der Waals surface area contributed by atoms with E-state index in [-0.39, 0.29) is 25.8 Å². The van der Waals surface area contributed by atoms with Crippen LogP contribution < -0.4 is 10.6 Å². The molecule has 10 heteroatoms. The van der Waals surface area contributed by atoms with Crippen molar-refractivity contribution in [1.82, 2.24) is 10.6 Å². The van der Waals surface area contributed by atoms with E-state index in [0.29, 0.717) is 24.2 Å². The molecule has 222 valence electrons. The molecule has 0 aromatic carbocycles. The van der Waals surface area contributed by atoms with Gasteiger partial charge in [0.1, 0.15) is 19.3 Å². The van der Waals surface area contributed by atoms with Crippen molar-refractivity contribution in [3.8, 4) is 0 Å². The number of rotatable bonds is 26.